The number of nitrogens with one attached hydrogen (secondary N) is 2. The lowest BCUT2D eigenvalue weighted by Gasteiger charge is -2.41. The summed E-state index contributed by atoms with van der Waals surface area (Å²) in [6, 6.07) is 4.85. The highest BCUT2D eigenvalue weighted by atomic mass is 19.4. The molecule has 38 heavy (non-hydrogen) atoms. The van der Waals surface area contributed by atoms with Crippen molar-refractivity contribution >= 4 is 18.2 Å². The number of carbonyl (C=O) groups excluding carboxylic acids is 1. The zero-order valence-corrected chi connectivity index (χ0v) is 21.4. The highest BCUT2D eigenvalue weighted by molar-refractivity contribution is 5.82. The van der Waals surface area contributed by atoms with Crippen LogP contribution < -0.4 is 16.4 Å². The van der Waals surface area contributed by atoms with Crippen molar-refractivity contribution in [1.29, 1.82) is 0 Å². The van der Waals surface area contributed by atoms with E-state index in [4.69, 9.17) is 15.6 Å². The van der Waals surface area contributed by atoms with Crippen molar-refractivity contribution in [2.45, 2.75) is 45.2 Å². The molecule has 5 N–H and O–H groups in total. The fraction of sp³-hybridized carbons (Fsp3) is 0.440. The van der Waals surface area contributed by atoms with E-state index in [-0.39, 0.29) is 54.2 Å². The molecule has 1 aromatic heterocycles. The van der Waals surface area contributed by atoms with Crippen LogP contribution in [0.4, 0.5) is 23.9 Å². The molecule has 1 aromatic carbocycles. The van der Waals surface area contributed by atoms with Crippen molar-refractivity contribution in [3.63, 3.8) is 0 Å². The molecule has 1 aliphatic rings. The van der Waals surface area contributed by atoms with Crippen LogP contribution in [0.2, 0.25) is 0 Å². The van der Waals surface area contributed by atoms with Crippen LogP contribution in [-0.2, 0) is 17.5 Å². The minimum atomic E-state index is -4.65. The van der Waals surface area contributed by atoms with Gasteiger partial charge < -0.3 is 31.1 Å². The van der Waals surface area contributed by atoms with E-state index < -0.39 is 17.8 Å². The number of allylic oxidation sites excluding steroid dienone is 1. The van der Waals surface area contributed by atoms with E-state index in [1.807, 2.05) is 20.8 Å². The second-order valence-corrected chi connectivity index (χ2v) is 9.56. The molecule has 0 saturated carbocycles. The first-order valence-electron chi connectivity index (χ1n) is 11.9. The smallest absolute Gasteiger partial charge is 0.403 e. The van der Waals surface area contributed by atoms with Gasteiger partial charge in [0.2, 0.25) is 5.95 Å². The molecule has 206 valence electrons. The normalized spacial score (nSPS) is 15.0. The van der Waals surface area contributed by atoms with Gasteiger partial charge in [0.15, 0.2) is 0 Å². The number of alkyl halides is 3. The molecule has 1 saturated heterocycles. The van der Waals surface area contributed by atoms with Gasteiger partial charge in [-0.3, -0.25) is 4.99 Å². The van der Waals surface area contributed by atoms with Crippen molar-refractivity contribution in [1.82, 2.24) is 20.2 Å². The summed E-state index contributed by atoms with van der Waals surface area (Å²) in [5.41, 5.74) is 5.07. The standard InChI is InChI=1S/C25H32F3N7O3/c1-24(2,3)38-19-14-35(15-19)23(37)32-12-17-5-4-16(10-20(17)25(26,27)28)21-6-7-31-22(34-21)33-18(11-29)13-30-8-9-36/h4-7,10-11,13,19,36H,8-9,12,14-15,29H2,1-3H3,(H,32,37)(H,31,33,34). The maximum atomic E-state index is 13.9. The Labute approximate surface area is 218 Å². The molecule has 0 aliphatic carbocycles. The molecular weight excluding hydrogens is 503 g/mol. The number of likely N-dealkylation sites (tertiary alicyclic amines) is 1. The lowest BCUT2D eigenvalue weighted by Crippen LogP contribution is -2.59. The Morgan fingerprint density at radius 3 is 2.66 bits per heavy atom. The fourth-order valence-electron chi connectivity index (χ4n) is 3.66. The van der Waals surface area contributed by atoms with Crippen molar-refractivity contribution in [2.24, 2.45) is 10.7 Å². The molecule has 0 radical (unpaired) electrons. The summed E-state index contributed by atoms with van der Waals surface area (Å²) in [5, 5.41) is 14.2. The molecule has 2 amide bonds. The van der Waals surface area contributed by atoms with Gasteiger partial charge >= 0.3 is 12.2 Å². The largest absolute Gasteiger partial charge is 0.416 e. The van der Waals surface area contributed by atoms with Gasteiger partial charge in [0.1, 0.15) is 0 Å². The lowest BCUT2D eigenvalue weighted by molar-refractivity contribution is -0.138. The van der Waals surface area contributed by atoms with Crippen LogP contribution in [0, 0.1) is 0 Å². The van der Waals surface area contributed by atoms with Gasteiger partial charge in [-0.2, -0.15) is 13.2 Å². The summed E-state index contributed by atoms with van der Waals surface area (Å²) in [6.45, 7) is 6.27. The molecule has 2 heterocycles. The van der Waals surface area contributed by atoms with Crippen LogP contribution in [-0.4, -0.2) is 70.2 Å². The van der Waals surface area contributed by atoms with Crippen LogP contribution >= 0.6 is 0 Å². The number of carbonyl (C=O) groups is 1. The number of benzene rings is 1. The summed E-state index contributed by atoms with van der Waals surface area (Å²) in [5.74, 6) is 0.0999. The van der Waals surface area contributed by atoms with Gasteiger partial charge in [-0.15, -0.1) is 0 Å². The summed E-state index contributed by atoms with van der Waals surface area (Å²) in [6.07, 6.45) is -0.739. The van der Waals surface area contributed by atoms with Crippen molar-refractivity contribution in [3.8, 4) is 11.3 Å². The number of aliphatic hydroxyl groups excluding tert-OH is 1. The Morgan fingerprint density at radius 1 is 1.29 bits per heavy atom. The first-order chi connectivity index (χ1) is 17.9. The number of ether oxygens (including phenoxy) is 1. The predicted octanol–water partition coefficient (Wildman–Crippen LogP) is 3.15. The number of aliphatic hydroxyl groups is 1. The number of hydrogen-bond donors (Lipinski definition) is 4. The van der Waals surface area contributed by atoms with E-state index in [1.54, 1.807) is 0 Å². The number of nitrogens with two attached hydrogens (primary N) is 1. The van der Waals surface area contributed by atoms with E-state index in [2.05, 4.69) is 25.6 Å². The molecule has 0 bridgehead atoms. The molecule has 1 fully saturated rings. The number of amides is 2. The number of halogens is 3. The number of anilines is 1. The van der Waals surface area contributed by atoms with Crippen LogP contribution in [0.15, 0.2) is 47.4 Å². The maximum absolute atomic E-state index is 13.9. The van der Waals surface area contributed by atoms with Crippen LogP contribution in [0.25, 0.3) is 11.3 Å². The Balaban J connectivity index is 1.71. The van der Waals surface area contributed by atoms with Gasteiger partial charge in [-0.05, 0) is 38.5 Å². The highest BCUT2D eigenvalue weighted by Crippen LogP contribution is 2.35. The molecule has 1 aliphatic heterocycles. The number of urea groups is 1. The third-order valence-corrected chi connectivity index (χ3v) is 5.35. The van der Waals surface area contributed by atoms with Crippen molar-refractivity contribution in [3.05, 3.63) is 53.5 Å². The molecule has 3 rings (SSSR count). The van der Waals surface area contributed by atoms with E-state index in [0.717, 1.165) is 6.07 Å². The van der Waals surface area contributed by atoms with Gasteiger partial charge in [-0.1, -0.05) is 12.1 Å². The quantitative estimate of drug-likeness (QED) is 0.362. The second-order valence-electron chi connectivity index (χ2n) is 9.56. The van der Waals surface area contributed by atoms with Gasteiger partial charge in [0.05, 0.1) is 54.9 Å². The third-order valence-electron chi connectivity index (χ3n) is 5.35. The zero-order valence-electron chi connectivity index (χ0n) is 21.4. The van der Waals surface area contributed by atoms with E-state index in [1.165, 1.54) is 41.7 Å². The Bertz CT molecular complexity index is 1170. The summed E-state index contributed by atoms with van der Waals surface area (Å²) >= 11 is 0. The molecule has 0 unspecified atom stereocenters. The first-order valence-corrected chi connectivity index (χ1v) is 11.9. The minimum absolute atomic E-state index is 0.0709. The van der Waals surface area contributed by atoms with Crippen LogP contribution in [0.1, 0.15) is 31.9 Å². The fourth-order valence-corrected chi connectivity index (χ4v) is 3.66. The molecule has 2 aromatic rings. The van der Waals surface area contributed by atoms with Crippen LogP contribution in [0.3, 0.4) is 0 Å². The summed E-state index contributed by atoms with van der Waals surface area (Å²) in [7, 11) is 0. The number of aromatic nitrogens is 2. The first kappa shape index (κ1) is 28.9. The molecule has 0 spiro atoms. The number of hydrogen-bond acceptors (Lipinski definition) is 8. The molecule has 13 heteroatoms. The molecular formula is C25H32F3N7O3. The number of aliphatic imine (C=N–C) groups is 1. The molecule has 0 atom stereocenters. The van der Waals surface area contributed by atoms with Crippen LogP contribution in [0.5, 0.6) is 0 Å². The average Bonchev–Trinajstić information content (AvgIpc) is 2.83. The number of nitrogens with zero attached hydrogens (tertiary/aromatic N) is 4. The SMILES string of the molecule is CC(C)(C)OC1CN(C(=O)NCc2ccc(-c3ccnc(NC(C=NCCO)=CN)n3)cc2C(F)(F)F)C1. The maximum Gasteiger partial charge on any atom is 0.416 e. The minimum Gasteiger partial charge on any atom is -0.403 e. The van der Waals surface area contributed by atoms with E-state index in [0.29, 0.717) is 18.8 Å². The Morgan fingerprint density at radius 2 is 2.03 bits per heavy atom. The topological polar surface area (TPSA) is 138 Å². The van der Waals surface area contributed by atoms with Crippen molar-refractivity contribution < 1.29 is 27.8 Å². The Kier molecular flexibility index (Phi) is 9.28. The highest BCUT2D eigenvalue weighted by Gasteiger charge is 2.36. The van der Waals surface area contributed by atoms with Gasteiger partial charge in [-0.25, -0.2) is 14.8 Å². The monoisotopic (exact) mass is 535 g/mol. The van der Waals surface area contributed by atoms with E-state index >= 15 is 0 Å². The zero-order chi connectivity index (χ0) is 27.9. The second kappa shape index (κ2) is 12.2. The number of rotatable bonds is 9. The summed E-state index contributed by atoms with van der Waals surface area (Å²) < 4.78 is 47.5. The Hall–Kier alpha value is -3.71. The van der Waals surface area contributed by atoms with Gasteiger partial charge in [0.25, 0.3) is 0 Å². The average molecular weight is 536 g/mol. The lowest BCUT2D eigenvalue weighted by atomic mass is 10.0. The van der Waals surface area contributed by atoms with Crippen molar-refractivity contribution in [2.75, 3.05) is 31.6 Å². The predicted molar refractivity (Wildman–Crippen MR) is 137 cm³/mol. The summed E-state index contributed by atoms with van der Waals surface area (Å²) in [4.78, 5) is 26.2. The van der Waals surface area contributed by atoms with Gasteiger partial charge in [0, 0.05) is 30.7 Å². The van der Waals surface area contributed by atoms with E-state index in [9.17, 15) is 18.0 Å². The molecule has 10 nitrogen and oxygen atoms in total. The third kappa shape index (κ3) is 8.15.